The van der Waals surface area contributed by atoms with Crippen molar-refractivity contribution in [3.05, 3.63) is 57.1 Å². The van der Waals surface area contributed by atoms with Crippen molar-refractivity contribution in [1.29, 1.82) is 0 Å². The minimum absolute atomic E-state index is 0.0121. The number of nitro benzene ring substituents is 1. The number of para-hydroxylation sites is 2. The van der Waals surface area contributed by atoms with Crippen molar-refractivity contribution >= 4 is 38.9 Å². The van der Waals surface area contributed by atoms with E-state index in [1.54, 1.807) is 13.2 Å². The normalized spacial score (nSPS) is 14.7. The van der Waals surface area contributed by atoms with Gasteiger partial charge in [-0.05, 0) is 47.0 Å². The van der Waals surface area contributed by atoms with Crippen LogP contribution in [-0.2, 0) is 4.79 Å². The van der Waals surface area contributed by atoms with Gasteiger partial charge in [-0.25, -0.2) is 0 Å². The van der Waals surface area contributed by atoms with E-state index < -0.39 is 4.92 Å². The minimum atomic E-state index is -0.414. The first-order valence-electron chi connectivity index (χ1n) is 8.62. The van der Waals surface area contributed by atoms with E-state index in [1.165, 1.54) is 12.1 Å². The Morgan fingerprint density at radius 2 is 1.96 bits per heavy atom. The van der Waals surface area contributed by atoms with Crippen molar-refractivity contribution in [2.45, 2.75) is 12.8 Å². The second-order valence-electron chi connectivity index (χ2n) is 6.34. The van der Waals surface area contributed by atoms with Gasteiger partial charge in [0.15, 0.2) is 0 Å². The van der Waals surface area contributed by atoms with E-state index >= 15 is 0 Å². The molecule has 0 unspecified atom stereocenters. The lowest BCUT2D eigenvalue weighted by molar-refractivity contribution is -0.384. The molecule has 0 spiro atoms. The van der Waals surface area contributed by atoms with Crippen LogP contribution in [0.4, 0.5) is 17.1 Å². The van der Waals surface area contributed by atoms with Gasteiger partial charge in [0.2, 0.25) is 5.91 Å². The fourth-order valence-electron chi connectivity index (χ4n) is 3.23. The lowest BCUT2D eigenvalue weighted by atomic mass is 9.95. The van der Waals surface area contributed by atoms with Gasteiger partial charge in [-0.3, -0.25) is 14.9 Å². The zero-order chi connectivity index (χ0) is 19.4. The Morgan fingerprint density at radius 3 is 2.59 bits per heavy atom. The first-order chi connectivity index (χ1) is 13.0. The SMILES string of the molecule is COc1ccccc1NC(=O)C1CCN(c2ccc([N+](=O)[O-])cc2Br)CC1. The average molecular weight is 434 g/mol. The molecule has 2 aromatic rings. The lowest BCUT2D eigenvalue weighted by Gasteiger charge is -2.33. The van der Waals surface area contributed by atoms with E-state index in [1.807, 2.05) is 24.3 Å². The van der Waals surface area contributed by atoms with E-state index in [2.05, 4.69) is 26.1 Å². The van der Waals surface area contributed by atoms with Crippen LogP contribution in [0.3, 0.4) is 0 Å². The maximum absolute atomic E-state index is 12.6. The molecule has 8 heteroatoms. The number of carbonyl (C=O) groups is 1. The molecule has 1 amide bonds. The highest BCUT2D eigenvalue weighted by atomic mass is 79.9. The van der Waals surface area contributed by atoms with Crippen LogP contribution in [0.25, 0.3) is 0 Å². The minimum Gasteiger partial charge on any atom is -0.495 e. The van der Waals surface area contributed by atoms with Gasteiger partial charge in [-0.15, -0.1) is 0 Å². The maximum Gasteiger partial charge on any atom is 0.270 e. The van der Waals surface area contributed by atoms with Gasteiger partial charge in [-0.1, -0.05) is 12.1 Å². The fourth-order valence-corrected chi connectivity index (χ4v) is 3.85. The number of hydrogen-bond acceptors (Lipinski definition) is 5. The number of halogens is 1. The van der Waals surface area contributed by atoms with Crippen LogP contribution in [0.15, 0.2) is 46.9 Å². The van der Waals surface area contributed by atoms with E-state index in [4.69, 9.17) is 4.74 Å². The molecule has 1 aliphatic rings. The molecule has 0 saturated carbocycles. The predicted molar refractivity (Wildman–Crippen MR) is 107 cm³/mol. The van der Waals surface area contributed by atoms with Crippen molar-refractivity contribution in [3.63, 3.8) is 0 Å². The van der Waals surface area contributed by atoms with Crippen molar-refractivity contribution in [1.82, 2.24) is 0 Å². The number of nitrogens with zero attached hydrogens (tertiary/aromatic N) is 2. The third kappa shape index (κ3) is 4.39. The number of carbonyl (C=O) groups excluding carboxylic acids is 1. The van der Waals surface area contributed by atoms with Gasteiger partial charge in [0, 0.05) is 35.6 Å². The Labute approximate surface area is 165 Å². The molecule has 1 heterocycles. The summed E-state index contributed by atoms with van der Waals surface area (Å²) in [6, 6.07) is 12.1. The number of piperidine rings is 1. The van der Waals surface area contributed by atoms with E-state index in [-0.39, 0.29) is 17.5 Å². The number of anilines is 2. The van der Waals surface area contributed by atoms with Crippen LogP contribution < -0.4 is 15.0 Å². The number of non-ortho nitro benzene ring substituents is 1. The zero-order valence-electron chi connectivity index (χ0n) is 14.9. The number of amides is 1. The number of hydrogen-bond donors (Lipinski definition) is 1. The molecule has 27 heavy (non-hydrogen) atoms. The predicted octanol–water partition coefficient (Wildman–Crippen LogP) is 4.22. The Kier molecular flexibility index (Phi) is 5.95. The summed E-state index contributed by atoms with van der Waals surface area (Å²) < 4.78 is 5.96. The van der Waals surface area contributed by atoms with Gasteiger partial charge in [0.1, 0.15) is 5.75 Å². The smallest absolute Gasteiger partial charge is 0.270 e. The molecule has 0 aliphatic carbocycles. The van der Waals surface area contributed by atoms with Crippen molar-refractivity contribution in [3.8, 4) is 5.75 Å². The molecule has 0 radical (unpaired) electrons. The molecule has 1 N–H and O–H groups in total. The summed E-state index contributed by atoms with van der Waals surface area (Å²) in [5.74, 6) is 0.544. The number of nitro groups is 1. The van der Waals surface area contributed by atoms with Gasteiger partial charge in [0.25, 0.3) is 5.69 Å². The molecule has 7 nitrogen and oxygen atoms in total. The van der Waals surface area contributed by atoms with Crippen molar-refractivity contribution in [2.75, 3.05) is 30.4 Å². The van der Waals surface area contributed by atoms with Crippen LogP contribution >= 0.6 is 15.9 Å². The Hall–Kier alpha value is -2.61. The van der Waals surface area contributed by atoms with Crippen LogP contribution in [0, 0.1) is 16.0 Å². The summed E-state index contributed by atoms with van der Waals surface area (Å²) in [4.78, 5) is 25.2. The molecule has 1 aliphatic heterocycles. The summed E-state index contributed by atoms with van der Waals surface area (Å²) in [7, 11) is 1.57. The summed E-state index contributed by atoms with van der Waals surface area (Å²) >= 11 is 3.42. The molecule has 3 rings (SSSR count). The van der Waals surface area contributed by atoms with Crippen LogP contribution in [0.2, 0.25) is 0 Å². The van der Waals surface area contributed by atoms with Crippen molar-refractivity contribution < 1.29 is 14.5 Å². The van der Waals surface area contributed by atoms with Gasteiger partial charge in [-0.2, -0.15) is 0 Å². The maximum atomic E-state index is 12.6. The monoisotopic (exact) mass is 433 g/mol. The summed E-state index contributed by atoms with van der Waals surface area (Å²) in [6.45, 7) is 1.42. The molecular formula is C19H20BrN3O4. The Balaban J connectivity index is 1.62. The van der Waals surface area contributed by atoms with Crippen LogP contribution in [0.1, 0.15) is 12.8 Å². The highest BCUT2D eigenvalue weighted by molar-refractivity contribution is 9.10. The van der Waals surface area contributed by atoms with Crippen LogP contribution in [0.5, 0.6) is 5.75 Å². The topological polar surface area (TPSA) is 84.7 Å². The second-order valence-corrected chi connectivity index (χ2v) is 7.20. The first kappa shape index (κ1) is 19.2. The number of rotatable bonds is 5. The standard InChI is InChI=1S/C19H20BrN3O4/c1-27-18-5-3-2-4-16(18)21-19(24)13-8-10-22(11-9-13)17-7-6-14(23(25)26)12-15(17)20/h2-7,12-13H,8-11H2,1H3,(H,21,24). The van der Waals surface area contributed by atoms with Gasteiger partial charge >= 0.3 is 0 Å². The quantitative estimate of drug-likeness (QED) is 0.563. The molecule has 0 aromatic heterocycles. The van der Waals surface area contributed by atoms with Gasteiger partial charge < -0.3 is 15.0 Å². The molecular weight excluding hydrogens is 414 g/mol. The number of ether oxygens (including phenoxy) is 1. The molecule has 2 aromatic carbocycles. The summed E-state index contributed by atoms with van der Waals surface area (Å²) in [5, 5.41) is 13.8. The zero-order valence-corrected chi connectivity index (χ0v) is 16.4. The number of benzene rings is 2. The number of nitrogens with one attached hydrogen (secondary N) is 1. The largest absolute Gasteiger partial charge is 0.495 e. The Bertz CT molecular complexity index is 851. The molecule has 1 saturated heterocycles. The summed E-state index contributed by atoms with van der Waals surface area (Å²) in [6.07, 6.45) is 1.43. The van der Waals surface area contributed by atoms with Crippen LogP contribution in [-0.4, -0.2) is 31.0 Å². The van der Waals surface area contributed by atoms with E-state index in [0.29, 0.717) is 41.8 Å². The molecule has 0 atom stereocenters. The summed E-state index contributed by atoms with van der Waals surface area (Å²) in [5.41, 5.74) is 1.63. The van der Waals surface area contributed by atoms with E-state index in [0.717, 1.165) is 5.69 Å². The average Bonchev–Trinajstić information content (AvgIpc) is 2.68. The fraction of sp³-hybridized carbons (Fsp3) is 0.316. The van der Waals surface area contributed by atoms with Gasteiger partial charge in [0.05, 0.1) is 23.4 Å². The molecule has 142 valence electrons. The third-order valence-electron chi connectivity index (χ3n) is 4.71. The highest BCUT2D eigenvalue weighted by Gasteiger charge is 2.27. The lowest BCUT2D eigenvalue weighted by Crippen LogP contribution is -2.38. The molecule has 1 fully saturated rings. The van der Waals surface area contributed by atoms with Crippen molar-refractivity contribution in [2.24, 2.45) is 5.92 Å². The van der Waals surface area contributed by atoms with E-state index in [9.17, 15) is 14.9 Å². The first-order valence-corrected chi connectivity index (χ1v) is 9.41. The molecule has 0 bridgehead atoms. The Morgan fingerprint density at radius 1 is 1.26 bits per heavy atom. The third-order valence-corrected chi connectivity index (χ3v) is 5.35. The highest BCUT2D eigenvalue weighted by Crippen LogP contribution is 2.33. The number of methoxy groups -OCH3 is 1. The second kappa shape index (κ2) is 8.39.